The van der Waals surface area contributed by atoms with E-state index in [0.29, 0.717) is 29.3 Å². The Morgan fingerprint density at radius 2 is 1.78 bits per heavy atom. The fourth-order valence-electron chi connectivity index (χ4n) is 2.07. The molecule has 0 aromatic heterocycles. The molecule has 2 aromatic carbocycles. The summed E-state index contributed by atoms with van der Waals surface area (Å²) in [5.41, 5.74) is 2.22. The van der Waals surface area contributed by atoms with Crippen molar-refractivity contribution in [2.75, 3.05) is 31.5 Å². The maximum Gasteiger partial charge on any atom is 0.323 e. The van der Waals surface area contributed by atoms with Crippen LogP contribution >= 0.6 is 0 Å². The first-order valence-corrected chi connectivity index (χ1v) is 7.16. The summed E-state index contributed by atoms with van der Waals surface area (Å²) in [7, 11) is 3.09. The number of aliphatic hydroxyl groups is 1. The molecule has 23 heavy (non-hydrogen) atoms. The van der Waals surface area contributed by atoms with Crippen LogP contribution in [-0.4, -0.2) is 32.0 Å². The van der Waals surface area contributed by atoms with E-state index in [1.165, 1.54) is 7.11 Å². The molecule has 0 heterocycles. The second-order valence-electron chi connectivity index (χ2n) is 4.82. The number of methoxy groups -OCH3 is 2. The molecule has 3 N–H and O–H groups in total. The molecule has 0 saturated heterocycles. The lowest BCUT2D eigenvalue weighted by molar-refractivity contribution is 0.262. The first-order chi connectivity index (χ1) is 11.2. The minimum absolute atomic E-state index is 0.102. The molecule has 122 valence electrons. The van der Waals surface area contributed by atoms with E-state index in [2.05, 4.69) is 10.6 Å². The highest BCUT2D eigenvalue weighted by Gasteiger charge is 2.09. The van der Waals surface area contributed by atoms with Crippen molar-refractivity contribution in [2.24, 2.45) is 0 Å². The quantitative estimate of drug-likeness (QED) is 0.765. The molecule has 0 bridgehead atoms. The molecule has 2 aromatic rings. The van der Waals surface area contributed by atoms with Gasteiger partial charge in [0.15, 0.2) is 0 Å². The van der Waals surface area contributed by atoms with Gasteiger partial charge in [-0.3, -0.25) is 0 Å². The third-order valence-corrected chi connectivity index (χ3v) is 3.27. The summed E-state index contributed by atoms with van der Waals surface area (Å²) in [6.07, 6.45) is 0.593. The van der Waals surface area contributed by atoms with Gasteiger partial charge in [0, 0.05) is 18.4 Å². The summed E-state index contributed by atoms with van der Waals surface area (Å²) in [5, 5.41) is 14.4. The number of benzene rings is 2. The zero-order valence-electron chi connectivity index (χ0n) is 13.1. The molecule has 0 atom stereocenters. The van der Waals surface area contributed by atoms with Crippen molar-refractivity contribution >= 4 is 17.4 Å². The molecule has 0 saturated carbocycles. The maximum atomic E-state index is 12.1. The first kappa shape index (κ1) is 16.6. The van der Waals surface area contributed by atoms with E-state index >= 15 is 0 Å². The van der Waals surface area contributed by atoms with Gasteiger partial charge in [0.25, 0.3) is 0 Å². The Hall–Kier alpha value is -2.73. The molecule has 0 spiro atoms. The molecule has 6 heteroatoms. The van der Waals surface area contributed by atoms with Gasteiger partial charge in [0.1, 0.15) is 11.5 Å². The molecule has 6 nitrogen and oxygen atoms in total. The number of hydrogen-bond acceptors (Lipinski definition) is 4. The van der Waals surface area contributed by atoms with E-state index in [1.807, 2.05) is 12.1 Å². The van der Waals surface area contributed by atoms with Gasteiger partial charge in [-0.1, -0.05) is 12.1 Å². The highest BCUT2D eigenvalue weighted by atomic mass is 16.5. The van der Waals surface area contributed by atoms with Gasteiger partial charge >= 0.3 is 6.03 Å². The van der Waals surface area contributed by atoms with E-state index in [1.54, 1.807) is 37.4 Å². The van der Waals surface area contributed by atoms with Crippen molar-refractivity contribution in [3.8, 4) is 11.5 Å². The average Bonchev–Trinajstić information content (AvgIpc) is 2.57. The van der Waals surface area contributed by atoms with Crippen molar-refractivity contribution in [1.82, 2.24) is 0 Å². The Kier molecular flexibility index (Phi) is 5.82. The summed E-state index contributed by atoms with van der Waals surface area (Å²) >= 11 is 0. The van der Waals surface area contributed by atoms with Crippen molar-refractivity contribution in [1.29, 1.82) is 0 Å². The Morgan fingerprint density at radius 1 is 1.04 bits per heavy atom. The van der Waals surface area contributed by atoms with Gasteiger partial charge in [-0.2, -0.15) is 0 Å². The molecule has 0 aliphatic rings. The summed E-state index contributed by atoms with van der Waals surface area (Å²) in [4.78, 5) is 12.1. The predicted molar refractivity (Wildman–Crippen MR) is 89.4 cm³/mol. The number of carbonyl (C=O) groups is 1. The number of amides is 2. The van der Waals surface area contributed by atoms with Gasteiger partial charge < -0.3 is 25.2 Å². The van der Waals surface area contributed by atoms with Crippen LogP contribution in [0.15, 0.2) is 42.5 Å². The Balaban J connectivity index is 2.01. The summed E-state index contributed by atoms with van der Waals surface area (Å²) in [6.45, 7) is 0.102. The van der Waals surface area contributed by atoms with E-state index in [9.17, 15) is 4.79 Å². The van der Waals surface area contributed by atoms with Crippen LogP contribution in [0.4, 0.5) is 16.2 Å². The molecule has 0 fully saturated rings. The minimum atomic E-state index is -0.372. The van der Waals surface area contributed by atoms with Crippen molar-refractivity contribution in [3.63, 3.8) is 0 Å². The number of nitrogens with one attached hydrogen (secondary N) is 2. The van der Waals surface area contributed by atoms with Crippen molar-refractivity contribution in [3.05, 3.63) is 48.0 Å². The highest BCUT2D eigenvalue weighted by Crippen LogP contribution is 2.29. The summed E-state index contributed by atoms with van der Waals surface area (Å²) in [5.74, 6) is 1.16. The molecule has 0 aliphatic heterocycles. The van der Waals surface area contributed by atoms with Crippen LogP contribution < -0.4 is 20.1 Å². The van der Waals surface area contributed by atoms with Crippen LogP contribution in [0.25, 0.3) is 0 Å². The van der Waals surface area contributed by atoms with Crippen LogP contribution in [-0.2, 0) is 6.42 Å². The molecule has 2 rings (SSSR count). The minimum Gasteiger partial charge on any atom is -0.497 e. The lowest BCUT2D eigenvalue weighted by Crippen LogP contribution is -2.19. The highest BCUT2D eigenvalue weighted by molar-refractivity contribution is 6.00. The Morgan fingerprint density at radius 3 is 2.39 bits per heavy atom. The number of rotatable bonds is 6. The smallest absolute Gasteiger partial charge is 0.323 e. The first-order valence-electron chi connectivity index (χ1n) is 7.16. The third kappa shape index (κ3) is 4.62. The maximum absolute atomic E-state index is 12.1. The van der Waals surface area contributed by atoms with Gasteiger partial charge in [-0.05, 0) is 36.2 Å². The van der Waals surface area contributed by atoms with E-state index in [0.717, 1.165) is 5.56 Å². The van der Waals surface area contributed by atoms with Gasteiger partial charge in [-0.15, -0.1) is 0 Å². The van der Waals surface area contributed by atoms with Crippen LogP contribution in [0.2, 0.25) is 0 Å². The van der Waals surface area contributed by atoms with Crippen molar-refractivity contribution in [2.45, 2.75) is 6.42 Å². The van der Waals surface area contributed by atoms with Crippen LogP contribution in [0.1, 0.15) is 5.56 Å². The second-order valence-corrected chi connectivity index (χ2v) is 4.82. The molecule has 0 aliphatic carbocycles. The number of anilines is 2. The lowest BCUT2D eigenvalue weighted by atomic mass is 10.1. The summed E-state index contributed by atoms with van der Waals surface area (Å²) < 4.78 is 10.4. The van der Waals surface area contributed by atoms with Crippen molar-refractivity contribution < 1.29 is 19.4 Å². The summed E-state index contributed by atoms with van der Waals surface area (Å²) in [6, 6.07) is 12.1. The van der Waals surface area contributed by atoms with E-state index in [4.69, 9.17) is 14.6 Å². The lowest BCUT2D eigenvalue weighted by Gasteiger charge is -2.12. The second kappa shape index (κ2) is 8.05. The normalized spacial score (nSPS) is 10.0. The average molecular weight is 316 g/mol. The van der Waals surface area contributed by atoms with Crippen LogP contribution in [0.3, 0.4) is 0 Å². The number of urea groups is 1. The standard InChI is InChI=1S/C17H20N2O4/c1-22-14-7-8-15(16(11-14)23-2)19-17(21)18-13-5-3-12(4-6-13)9-10-20/h3-8,11,20H,9-10H2,1-2H3,(H2,18,19,21). The Labute approximate surface area is 135 Å². The molecule has 0 radical (unpaired) electrons. The van der Waals surface area contributed by atoms with Gasteiger partial charge in [0.05, 0.1) is 19.9 Å². The fraction of sp³-hybridized carbons (Fsp3) is 0.235. The molecule has 0 unspecified atom stereocenters. The number of carbonyl (C=O) groups excluding carboxylic acids is 1. The zero-order valence-corrected chi connectivity index (χ0v) is 13.1. The van der Waals surface area contributed by atoms with E-state index in [-0.39, 0.29) is 12.6 Å². The third-order valence-electron chi connectivity index (χ3n) is 3.27. The molecular formula is C17H20N2O4. The predicted octanol–water partition coefficient (Wildman–Crippen LogP) is 2.88. The SMILES string of the molecule is COc1ccc(NC(=O)Nc2ccc(CCO)cc2)c(OC)c1. The topological polar surface area (TPSA) is 79.8 Å². The van der Waals surface area contributed by atoms with Gasteiger partial charge in [0.2, 0.25) is 0 Å². The number of ether oxygens (including phenoxy) is 2. The van der Waals surface area contributed by atoms with E-state index < -0.39 is 0 Å². The molecular weight excluding hydrogens is 296 g/mol. The zero-order chi connectivity index (χ0) is 16.7. The monoisotopic (exact) mass is 316 g/mol. The Bertz CT molecular complexity index is 656. The number of hydrogen-bond donors (Lipinski definition) is 3. The number of aliphatic hydroxyl groups excluding tert-OH is 1. The fourth-order valence-corrected chi connectivity index (χ4v) is 2.07. The largest absolute Gasteiger partial charge is 0.497 e. The van der Waals surface area contributed by atoms with Crippen LogP contribution in [0, 0.1) is 0 Å². The van der Waals surface area contributed by atoms with Gasteiger partial charge in [-0.25, -0.2) is 4.79 Å². The van der Waals surface area contributed by atoms with Crippen LogP contribution in [0.5, 0.6) is 11.5 Å². The molecule has 2 amide bonds.